The number of carboxylic acids is 1. The lowest BCUT2D eigenvalue weighted by Crippen LogP contribution is -2.31. The lowest BCUT2D eigenvalue weighted by atomic mass is 9.99. The monoisotopic (exact) mass is 399 g/mol. The molecular weight excluding hydrogens is 385 g/mol. The molecule has 0 bridgehead atoms. The van der Waals surface area contributed by atoms with Crippen molar-refractivity contribution in [1.29, 1.82) is 0 Å². The van der Waals surface area contributed by atoms with E-state index in [0.29, 0.717) is 15.6 Å². The van der Waals surface area contributed by atoms with E-state index >= 15 is 0 Å². The van der Waals surface area contributed by atoms with Crippen LogP contribution in [0, 0.1) is 5.41 Å². The molecule has 0 heterocycles. The number of carbonyl (C=O) groups is 1. The Morgan fingerprint density at radius 3 is 2.28 bits per heavy atom. The molecule has 8 heteroatoms. The van der Waals surface area contributed by atoms with E-state index in [0.717, 1.165) is 0 Å². The Bertz CT molecular complexity index is 930. The van der Waals surface area contributed by atoms with Crippen LogP contribution in [0.2, 0.25) is 10.0 Å². The van der Waals surface area contributed by atoms with Gasteiger partial charge in [-0.1, -0.05) is 35.3 Å². The van der Waals surface area contributed by atoms with Gasteiger partial charge in [-0.25, -0.2) is 8.42 Å². The minimum Gasteiger partial charge on any atom is -0.481 e. The largest absolute Gasteiger partial charge is 0.481 e. The van der Waals surface area contributed by atoms with Crippen LogP contribution in [-0.2, 0) is 14.6 Å². The van der Waals surface area contributed by atoms with Gasteiger partial charge in [-0.15, -0.1) is 0 Å². The van der Waals surface area contributed by atoms with Crippen molar-refractivity contribution in [2.75, 3.05) is 6.54 Å². The minimum atomic E-state index is -3.92. The van der Waals surface area contributed by atoms with Crippen LogP contribution < -0.4 is 5.73 Å². The average Bonchev–Trinajstić information content (AvgIpc) is 3.27. The molecule has 0 aliphatic heterocycles. The Labute approximate surface area is 155 Å². The second-order valence-electron chi connectivity index (χ2n) is 6.00. The van der Waals surface area contributed by atoms with E-state index < -0.39 is 32.4 Å². The van der Waals surface area contributed by atoms with E-state index in [-0.39, 0.29) is 11.4 Å². The van der Waals surface area contributed by atoms with Crippen molar-refractivity contribution in [3.05, 3.63) is 64.1 Å². The predicted molar refractivity (Wildman–Crippen MR) is 95.7 cm³/mol. The number of sulfone groups is 1. The van der Waals surface area contributed by atoms with Crippen molar-refractivity contribution in [3.63, 3.8) is 0 Å². The number of hydrogen-bond acceptors (Lipinski definition) is 4. The lowest BCUT2D eigenvalue weighted by Gasteiger charge is -2.10. The molecule has 0 aromatic heterocycles. The second kappa shape index (κ2) is 6.29. The van der Waals surface area contributed by atoms with Crippen molar-refractivity contribution >= 4 is 39.0 Å². The molecule has 132 valence electrons. The van der Waals surface area contributed by atoms with Crippen molar-refractivity contribution < 1.29 is 18.3 Å². The zero-order valence-electron chi connectivity index (χ0n) is 12.9. The van der Waals surface area contributed by atoms with Gasteiger partial charge in [0, 0.05) is 22.5 Å². The van der Waals surface area contributed by atoms with E-state index in [2.05, 4.69) is 0 Å². The van der Waals surface area contributed by atoms with Gasteiger partial charge < -0.3 is 10.8 Å². The minimum absolute atomic E-state index is 0.0190. The number of carboxylic acid groups (broad SMARTS) is 1. The van der Waals surface area contributed by atoms with Crippen LogP contribution in [0.4, 0.5) is 0 Å². The fraction of sp³-hybridized carbons (Fsp3) is 0.235. The first-order valence-electron chi connectivity index (χ1n) is 7.43. The molecule has 0 radical (unpaired) electrons. The number of benzene rings is 2. The first-order chi connectivity index (χ1) is 11.7. The number of hydrogen-bond donors (Lipinski definition) is 2. The summed E-state index contributed by atoms with van der Waals surface area (Å²) in [6.07, 6.45) is 0. The second-order valence-corrected chi connectivity index (χ2v) is 8.94. The highest BCUT2D eigenvalue weighted by atomic mass is 35.5. The van der Waals surface area contributed by atoms with Gasteiger partial charge in [0.15, 0.2) is 9.84 Å². The predicted octanol–water partition coefficient (Wildman–Crippen LogP) is 2.96. The molecule has 3 atom stereocenters. The summed E-state index contributed by atoms with van der Waals surface area (Å²) in [6.45, 7) is -0.295. The van der Waals surface area contributed by atoms with Crippen molar-refractivity contribution in [3.8, 4) is 0 Å². The smallest absolute Gasteiger partial charge is 0.312 e. The van der Waals surface area contributed by atoms with Crippen LogP contribution in [0.3, 0.4) is 0 Å². The van der Waals surface area contributed by atoms with Crippen LogP contribution in [0.25, 0.3) is 0 Å². The summed E-state index contributed by atoms with van der Waals surface area (Å²) in [5, 5.41) is 9.37. The molecule has 2 aromatic carbocycles. The summed E-state index contributed by atoms with van der Waals surface area (Å²) in [5.41, 5.74) is 4.69. The third-order valence-electron chi connectivity index (χ3n) is 4.68. The summed E-state index contributed by atoms with van der Waals surface area (Å²) in [5.74, 6) is -2.00. The van der Waals surface area contributed by atoms with Crippen LogP contribution in [0.15, 0.2) is 53.4 Å². The van der Waals surface area contributed by atoms with E-state index in [1.165, 1.54) is 24.3 Å². The van der Waals surface area contributed by atoms with E-state index in [1.807, 2.05) is 0 Å². The molecule has 25 heavy (non-hydrogen) atoms. The van der Waals surface area contributed by atoms with Gasteiger partial charge in [-0.2, -0.15) is 0 Å². The Morgan fingerprint density at radius 1 is 1.12 bits per heavy atom. The fourth-order valence-corrected chi connectivity index (χ4v) is 6.10. The number of nitrogens with two attached hydrogens (primary N) is 1. The molecule has 3 rings (SSSR count). The van der Waals surface area contributed by atoms with E-state index in [1.54, 1.807) is 24.3 Å². The van der Waals surface area contributed by atoms with Crippen molar-refractivity contribution in [2.24, 2.45) is 11.1 Å². The van der Waals surface area contributed by atoms with Crippen molar-refractivity contribution in [1.82, 2.24) is 0 Å². The molecule has 0 spiro atoms. The van der Waals surface area contributed by atoms with E-state index in [9.17, 15) is 18.3 Å². The Hall–Kier alpha value is -1.60. The topological polar surface area (TPSA) is 97.5 Å². The summed E-state index contributed by atoms with van der Waals surface area (Å²) in [4.78, 5) is 11.9. The molecule has 1 aliphatic carbocycles. The maximum absolute atomic E-state index is 13.1. The molecule has 0 unspecified atom stereocenters. The third kappa shape index (κ3) is 2.83. The zero-order chi connectivity index (χ0) is 18.4. The first-order valence-corrected chi connectivity index (χ1v) is 9.73. The standard InChI is InChI=1S/C17H15Cl2NO4S/c18-11-4-6-13(7-5-11)25(23,24)15-14(17(15,9-20)16(21)22)10-2-1-3-12(19)8-10/h1-8,14-15H,9,20H2,(H,21,22)/t14-,15+,17-/m0/s1. The fourth-order valence-electron chi connectivity index (χ4n) is 3.39. The highest BCUT2D eigenvalue weighted by Crippen LogP contribution is 2.63. The van der Waals surface area contributed by atoms with Gasteiger partial charge in [-0.3, -0.25) is 4.79 Å². The van der Waals surface area contributed by atoms with Gasteiger partial charge in [0.05, 0.1) is 10.1 Å². The molecule has 1 saturated carbocycles. The van der Waals surface area contributed by atoms with Gasteiger partial charge in [-0.05, 0) is 42.0 Å². The van der Waals surface area contributed by atoms with Gasteiger partial charge in [0.1, 0.15) is 5.41 Å². The summed E-state index contributed by atoms with van der Waals surface area (Å²) < 4.78 is 26.1. The molecule has 1 fully saturated rings. The van der Waals surface area contributed by atoms with Crippen molar-refractivity contribution in [2.45, 2.75) is 16.1 Å². The van der Waals surface area contributed by atoms with Crippen LogP contribution in [0.1, 0.15) is 11.5 Å². The van der Waals surface area contributed by atoms with Gasteiger partial charge >= 0.3 is 5.97 Å². The van der Waals surface area contributed by atoms with Gasteiger partial charge in [0.25, 0.3) is 0 Å². The summed E-state index contributed by atoms with van der Waals surface area (Å²) in [6, 6.07) is 12.2. The number of rotatable bonds is 5. The molecule has 2 aromatic rings. The van der Waals surface area contributed by atoms with Crippen LogP contribution in [-0.4, -0.2) is 31.3 Å². The van der Waals surface area contributed by atoms with Crippen LogP contribution in [0.5, 0.6) is 0 Å². The highest BCUT2D eigenvalue weighted by Gasteiger charge is 2.75. The Morgan fingerprint density at radius 2 is 1.76 bits per heavy atom. The highest BCUT2D eigenvalue weighted by molar-refractivity contribution is 7.92. The van der Waals surface area contributed by atoms with Gasteiger partial charge in [0.2, 0.25) is 0 Å². The molecule has 3 N–H and O–H groups in total. The first kappa shape index (κ1) is 18.2. The average molecular weight is 400 g/mol. The molecule has 1 aliphatic rings. The maximum atomic E-state index is 13.1. The summed E-state index contributed by atoms with van der Waals surface area (Å²) in [7, 11) is -3.92. The van der Waals surface area contributed by atoms with Crippen LogP contribution >= 0.6 is 23.2 Å². The normalized spacial score (nSPS) is 25.6. The Balaban J connectivity index is 2.12. The third-order valence-corrected chi connectivity index (χ3v) is 7.45. The maximum Gasteiger partial charge on any atom is 0.312 e. The zero-order valence-corrected chi connectivity index (χ0v) is 15.2. The molecule has 0 amide bonds. The Kier molecular flexibility index (Phi) is 4.58. The summed E-state index contributed by atoms with van der Waals surface area (Å²) >= 11 is 11.8. The molecule has 0 saturated heterocycles. The quantitative estimate of drug-likeness (QED) is 0.804. The van der Waals surface area contributed by atoms with E-state index in [4.69, 9.17) is 28.9 Å². The lowest BCUT2D eigenvalue weighted by molar-refractivity contribution is -0.143. The SMILES string of the molecule is NC[C@@]1(C(=O)O)[C@H](S(=O)(=O)c2ccc(Cl)cc2)[C@@H]1c1cccc(Cl)c1. The number of halogens is 2. The molecular formula is C17H15Cl2NO4S. The number of aliphatic carboxylic acids is 1. The molecule has 5 nitrogen and oxygen atoms in total.